The third-order valence-corrected chi connectivity index (χ3v) is 6.06. The van der Waals surface area contributed by atoms with Gasteiger partial charge in [0.25, 0.3) is 5.91 Å². The molecule has 0 atom stereocenters. The molecule has 0 saturated carbocycles. The molecule has 11 heteroatoms. The van der Waals surface area contributed by atoms with E-state index in [4.69, 9.17) is 14.2 Å². The highest BCUT2D eigenvalue weighted by molar-refractivity contribution is 14.1. The Morgan fingerprint density at radius 2 is 1.56 bits per heavy atom. The second kappa shape index (κ2) is 14.7. The highest BCUT2D eigenvalue weighted by atomic mass is 127. The predicted octanol–water partition coefficient (Wildman–Crippen LogP) is 4.37. The molecule has 3 aromatic carbocycles. The molecule has 10 nitrogen and oxygen atoms in total. The average Bonchev–Trinajstić information content (AvgIpc) is 2.93. The minimum Gasteiger partial charge on any atom is -0.497 e. The summed E-state index contributed by atoms with van der Waals surface area (Å²) in [5.74, 6) is -0.662. The number of aryl methyl sites for hydroxylation is 1. The van der Waals surface area contributed by atoms with E-state index < -0.39 is 11.8 Å². The molecule has 3 rings (SSSR count). The van der Waals surface area contributed by atoms with Gasteiger partial charge in [-0.15, -0.1) is 0 Å². The molecule has 0 spiro atoms. The number of anilines is 2. The summed E-state index contributed by atoms with van der Waals surface area (Å²) in [5.41, 5.74) is 5.09. The Morgan fingerprint density at radius 1 is 0.897 bits per heavy atom. The summed E-state index contributed by atoms with van der Waals surface area (Å²) in [5, 5.41) is 9.15. The van der Waals surface area contributed by atoms with E-state index in [0.29, 0.717) is 44.4 Å². The SMILES string of the molecule is CCOc1cc(/C=N\NC(=O)C(=O)Nc2ccc(OC)cc2)cc(I)c1OCC(=O)Nc1ccc(CC)cc1. The van der Waals surface area contributed by atoms with E-state index in [9.17, 15) is 14.4 Å². The van der Waals surface area contributed by atoms with Crippen molar-refractivity contribution < 1.29 is 28.6 Å². The van der Waals surface area contributed by atoms with Gasteiger partial charge in [-0.25, -0.2) is 5.43 Å². The van der Waals surface area contributed by atoms with Gasteiger partial charge < -0.3 is 24.8 Å². The highest BCUT2D eigenvalue weighted by Crippen LogP contribution is 2.34. The zero-order valence-corrected chi connectivity index (χ0v) is 23.9. The number of amides is 3. The lowest BCUT2D eigenvalue weighted by Gasteiger charge is -2.14. The normalized spacial score (nSPS) is 10.6. The summed E-state index contributed by atoms with van der Waals surface area (Å²) >= 11 is 2.06. The maximum atomic E-state index is 12.4. The number of nitrogens with one attached hydrogen (secondary N) is 3. The number of methoxy groups -OCH3 is 1. The average molecular weight is 644 g/mol. The number of hydrazone groups is 1. The van der Waals surface area contributed by atoms with Crippen LogP contribution in [0.1, 0.15) is 25.0 Å². The summed E-state index contributed by atoms with van der Waals surface area (Å²) < 4.78 is 17.2. The number of rotatable bonds is 11. The lowest BCUT2D eigenvalue weighted by atomic mass is 10.1. The summed E-state index contributed by atoms with van der Waals surface area (Å²) in [4.78, 5) is 36.7. The fraction of sp³-hybridized carbons (Fsp3) is 0.214. The number of nitrogens with zero attached hydrogens (tertiary/aromatic N) is 1. The van der Waals surface area contributed by atoms with Gasteiger partial charge in [0.15, 0.2) is 18.1 Å². The molecule has 0 aliphatic heterocycles. The van der Waals surface area contributed by atoms with Crippen molar-refractivity contribution in [2.45, 2.75) is 20.3 Å². The van der Waals surface area contributed by atoms with Crippen LogP contribution in [0.3, 0.4) is 0 Å². The first kappa shape index (κ1) is 29.4. The van der Waals surface area contributed by atoms with Crippen molar-refractivity contribution in [3.05, 3.63) is 75.4 Å². The lowest BCUT2D eigenvalue weighted by Crippen LogP contribution is -2.32. The van der Waals surface area contributed by atoms with Gasteiger partial charge in [-0.2, -0.15) is 5.10 Å². The predicted molar refractivity (Wildman–Crippen MR) is 158 cm³/mol. The quantitative estimate of drug-likeness (QED) is 0.123. The number of carbonyl (C=O) groups excluding carboxylic acids is 3. The van der Waals surface area contributed by atoms with Crippen LogP contribution >= 0.6 is 22.6 Å². The topological polar surface area (TPSA) is 127 Å². The molecule has 0 fully saturated rings. The summed E-state index contributed by atoms with van der Waals surface area (Å²) in [7, 11) is 1.53. The van der Waals surface area contributed by atoms with Gasteiger partial charge in [-0.3, -0.25) is 14.4 Å². The Hall–Kier alpha value is -4.13. The third kappa shape index (κ3) is 8.99. The molecular formula is C28H29IN4O6. The van der Waals surface area contributed by atoms with Crippen LogP contribution < -0.4 is 30.3 Å². The zero-order chi connectivity index (χ0) is 28.2. The van der Waals surface area contributed by atoms with Crippen molar-refractivity contribution in [1.29, 1.82) is 0 Å². The highest BCUT2D eigenvalue weighted by Gasteiger charge is 2.15. The van der Waals surface area contributed by atoms with Crippen LogP contribution in [-0.4, -0.2) is 44.3 Å². The zero-order valence-electron chi connectivity index (χ0n) is 21.7. The van der Waals surface area contributed by atoms with Crippen LogP contribution in [-0.2, 0) is 20.8 Å². The molecule has 0 unspecified atom stereocenters. The molecular weight excluding hydrogens is 615 g/mol. The van der Waals surface area contributed by atoms with E-state index in [2.05, 4.69) is 50.7 Å². The molecule has 3 N–H and O–H groups in total. The molecule has 39 heavy (non-hydrogen) atoms. The molecule has 0 aliphatic carbocycles. The Balaban J connectivity index is 1.59. The van der Waals surface area contributed by atoms with Crippen LogP contribution in [0.2, 0.25) is 0 Å². The fourth-order valence-electron chi connectivity index (χ4n) is 3.30. The monoisotopic (exact) mass is 644 g/mol. The Bertz CT molecular complexity index is 1330. The number of hydrogen-bond acceptors (Lipinski definition) is 7. The van der Waals surface area contributed by atoms with Crippen molar-refractivity contribution in [2.24, 2.45) is 5.10 Å². The fourth-order valence-corrected chi connectivity index (χ4v) is 4.08. The van der Waals surface area contributed by atoms with Crippen molar-refractivity contribution >= 4 is 57.9 Å². The number of hydrogen-bond donors (Lipinski definition) is 3. The van der Waals surface area contributed by atoms with Gasteiger partial charge in [-0.05, 0) is 95.6 Å². The van der Waals surface area contributed by atoms with Crippen molar-refractivity contribution in [2.75, 3.05) is 31.0 Å². The van der Waals surface area contributed by atoms with Crippen molar-refractivity contribution in [1.82, 2.24) is 5.43 Å². The lowest BCUT2D eigenvalue weighted by molar-refractivity contribution is -0.136. The molecule has 0 saturated heterocycles. The van der Waals surface area contributed by atoms with Crippen LogP contribution in [0.4, 0.5) is 11.4 Å². The van der Waals surface area contributed by atoms with E-state index in [1.807, 2.05) is 31.2 Å². The summed E-state index contributed by atoms with van der Waals surface area (Å²) in [6.45, 7) is 4.05. The van der Waals surface area contributed by atoms with E-state index in [1.165, 1.54) is 18.9 Å². The van der Waals surface area contributed by atoms with Crippen molar-refractivity contribution in [3.8, 4) is 17.2 Å². The number of carbonyl (C=O) groups is 3. The van der Waals surface area contributed by atoms with Crippen LogP contribution in [0, 0.1) is 3.57 Å². The first-order valence-electron chi connectivity index (χ1n) is 12.1. The smallest absolute Gasteiger partial charge is 0.329 e. The minimum absolute atomic E-state index is 0.210. The van der Waals surface area contributed by atoms with Gasteiger partial charge >= 0.3 is 11.8 Å². The Kier molecular flexibility index (Phi) is 11.1. The third-order valence-electron chi connectivity index (χ3n) is 5.26. The van der Waals surface area contributed by atoms with E-state index >= 15 is 0 Å². The van der Waals surface area contributed by atoms with Crippen molar-refractivity contribution in [3.63, 3.8) is 0 Å². The van der Waals surface area contributed by atoms with Gasteiger partial charge in [0, 0.05) is 11.4 Å². The number of halogens is 1. The van der Waals surface area contributed by atoms with E-state index in [0.717, 1.165) is 6.42 Å². The molecule has 3 amide bonds. The van der Waals surface area contributed by atoms with Gasteiger partial charge in [-0.1, -0.05) is 19.1 Å². The first-order valence-corrected chi connectivity index (χ1v) is 13.2. The van der Waals surface area contributed by atoms with Gasteiger partial charge in [0.1, 0.15) is 5.75 Å². The molecule has 0 aliphatic rings. The van der Waals surface area contributed by atoms with Crippen LogP contribution in [0.5, 0.6) is 17.2 Å². The second-order valence-corrected chi connectivity index (χ2v) is 9.19. The summed E-state index contributed by atoms with van der Waals surface area (Å²) in [6.07, 6.45) is 2.29. The molecule has 0 heterocycles. The second-order valence-electron chi connectivity index (χ2n) is 8.03. The van der Waals surface area contributed by atoms with E-state index in [1.54, 1.807) is 36.4 Å². The van der Waals surface area contributed by atoms with Crippen LogP contribution in [0.15, 0.2) is 65.8 Å². The molecule has 3 aromatic rings. The number of benzene rings is 3. The maximum Gasteiger partial charge on any atom is 0.329 e. The molecule has 0 bridgehead atoms. The molecule has 0 radical (unpaired) electrons. The molecule has 204 valence electrons. The van der Waals surface area contributed by atoms with E-state index in [-0.39, 0.29) is 12.5 Å². The molecule has 0 aromatic heterocycles. The van der Waals surface area contributed by atoms with Gasteiger partial charge in [0.2, 0.25) is 0 Å². The Labute approximate surface area is 240 Å². The number of ether oxygens (including phenoxy) is 3. The maximum absolute atomic E-state index is 12.4. The summed E-state index contributed by atoms with van der Waals surface area (Å²) in [6, 6.07) is 17.6. The first-order chi connectivity index (χ1) is 18.8. The largest absolute Gasteiger partial charge is 0.497 e. The minimum atomic E-state index is -0.933. The Morgan fingerprint density at radius 3 is 2.21 bits per heavy atom. The standard InChI is InChI=1S/C28H29IN4O6/c1-4-18-6-8-20(9-7-18)31-25(34)17-39-26-23(29)14-19(15-24(26)38-5-2)16-30-33-28(36)27(35)32-21-10-12-22(37-3)13-11-21/h6-16H,4-5,17H2,1-3H3,(H,31,34)(H,32,35)(H,33,36)/b30-16-. The van der Waals surface area contributed by atoms with Crippen LogP contribution in [0.25, 0.3) is 0 Å². The van der Waals surface area contributed by atoms with Gasteiger partial charge in [0.05, 0.1) is 23.5 Å².